The van der Waals surface area contributed by atoms with Crippen molar-refractivity contribution in [2.24, 2.45) is 5.73 Å². The molecule has 1 fully saturated rings. The molecule has 0 spiro atoms. The number of morpholine rings is 1. The van der Waals surface area contributed by atoms with Crippen LogP contribution in [0.4, 0.5) is 5.13 Å². The minimum absolute atomic E-state index is 0.0768. The maximum Gasteiger partial charge on any atom is 0.186 e. The molecule has 0 bridgehead atoms. The molecular formula is C13H21N3OS. The molecular weight excluding hydrogens is 246 g/mol. The first kappa shape index (κ1) is 12.4. The van der Waals surface area contributed by atoms with Crippen molar-refractivity contribution in [3.63, 3.8) is 0 Å². The molecule has 0 aromatic carbocycles. The van der Waals surface area contributed by atoms with Gasteiger partial charge >= 0.3 is 0 Å². The summed E-state index contributed by atoms with van der Waals surface area (Å²) in [6.45, 7) is 6.90. The van der Waals surface area contributed by atoms with Crippen LogP contribution in [-0.2, 0) is 11.2 Å². The lowest BCUT2D eigenvalue weighted by Crippen LogP contribution is -2.48. The highest BCUT2D eigenvalue weighted by Crippen LogP contribution is 2.36. The summed E-state index contributed by atoms with van der Waals surface area (Å²) in [5, 5.41) is 1.13. The zero-order chi connectivity index (χ0) is 12.8. The van der Waals surface area contributed by atoms with E-state index in [0.29, 0.717) is 0 Å². The molecule has 2 aliphatic rings. The second-order valence-corrected chi connectivity index (χ2v) is 6.90. The number of nitrogens with zero attached hydrogens (tertiary/aromatic N) is 2. The van der Waals surface area contributed by atoms with Crippen LogP contribution in [0, 0.1) is 0 Å². The largest absolute Gasteiger partial charge is 0.372 e. The van der Waals surface area contributed by atoms with Gasteiger partial charge in [0.05, 0.1) is 17.9 Å². The molecule has 100 valence electrons. The average molecular weight is 267 g/mol. The Balaban J connectivity index is 1.84. The quantitative estimate of drug-likeness (QED) is 0.846. The van der Waals surface area contributed by atoms with Crippen molar-refractivity contribution < 1.29 is 4.74 Å². The van der Waals surface area contributed by atoms with E-state index in [2.05, 4.69) is 18.7 Å². The minimum atomic E-state index is -0.0768. The number of hydrogen-bond donors (Lipinski definition) is 1. The number of rotatable bonds is 1. The highest BCUT2D eigenvalue weighted by molar-refractivity contribution is 7.15. The summed E-state index contributed by atoms with van der Waals surface area (Å²) in [6, 6.07) is 0.146. The molecule has 3 rings (SSSR count). The second-order valence-electron chi connectivity index (χ2n) is 5.83. The van der Waals surface area contributed by atoms with E-state index in [0.717, 1.165) is 43.4 Å². The molecule has 1 aromatic heterocycles. The monoisotopic (exact) mass is 267 g/mol. The van der Waals surface area contributed by atoms with Gasteiger partial charge in [-0.2, -0.15) is 0 Å². The Morgan fingerprint density at radius 3 is 3.06 bits per heavy atom. The molecule has 4 nitrogen and oxygen atoms in total. The van der Waals surface area contributed by atoms with Crippen LogP contribution in [-0.4, -0.2) is 30.3 Å². The Labute approximate surface area is 112 Å². The van der Waals surface area contributed by atoms with Gasteiger partial charge in [0.25, 0.3) is 0 Å². The SMILES string of the molecule is CC1(C)CN(c2nc3c(s2)CCCC3N)CCO1. The van der Waals surface area contributed by atoms with E-state index in [1.807, 2.05) is 11.3 Å². The van der Waals surface area contributed by atoms with Gasteiger partial charge in [-0.05, 0) is 33.1 Å². The van der Waals surface area contributed by atoms with E-state index in [4.69, 9.17) is 15.5 Å². The van der Waals surface area contributed by atoms with Gasteiger partial charge in [-0.25, -0.2) is 4.98 Å². The number of fused-ring (bicyclic) bond motifs is 1. The van der Waals surface area contributed by atoms with Crippen molar-refractivity contribution in [2.45, 2.75) is 44.8 Å². The number of thiazole rings is 1. The van der Waals surface area contributed by atoms with E-state index in [9.17, 15) is 0 Å². The summed E-state index contributed by atoms with van der Waals surface area (Å²) < 4.78 is 5.75. The van der Waals surface area contributed by atoms with Crippen molar-refractivity contribution in [1.29, 1.82) is 0 Å². The van der Waals surface area contributed by atoms with Crippen LogP contribution in [0.25, 0.3) is 0 Å². The third-order valence-corrected chi connectivity index (χ3v) is 4.87. The van der Waals surface area contributed by atoms with Gasteiger partial charge in [-0.1, -0.05) is 0 Å². The van der Waals surface area contributed by atoms with Gasteiger partial charge in [0.2, 0.25) is 0 Å². The summed E-state index contributed by atoms with van der Waals surface area (Å²) in [4.78, 5) is 8.53. The van der Waals surface area contributed by atoms with Crippen LogP contribution >= 0.6 is 11.3 Å². The first-order valence-electron chi connectivity index (χ1n) is 6.69. The Morgan fingerprint density at radius 2 is 2.33 bits per heavy atom. The number of ether oxygens (including phenoxy) is 1. The van der Waals surface area contributed by atoms with Crippen molar-refractivity contribution >= 4 is 16.5 Å². The number of anilines is 1. The summed E-state index contributed by atoms with van der Waals surface area (Å²) in [5.41, 5.74) is 7.21. The first-order chi connectivity index (χ1) is 8.55. The predicted octanol–water partition coefficient (Wildman–Crippen LogP) is 2.09. The molecule has 1 aromatic rings. The van der Waals surface area contributed by atoms with Crippen LogP contribution in [0.15, 0.2) is 0 Å². The van der Waals surface area contributed by atoms with Crippen LogP contribution in [0.2, 0.25) is 0 Å². The standard InChI is InChI=1S/C13H21N3OS/c1-13(2)8-16(6-7-17-13)12-15-11-9(14)4-3-5-10(11)18-12/h9H,3-8,14H2,1-2H3. The molecule has 0 amide bonds. The fraction of sp³-hybridized carbons (Fsp3) is 0.769. The van der Waals surface area contributed by atoms with Crippen molar-refractivity contribution in [2.75, 3.05) is 24.6 Å². The van der Waals surface area contributed by atoms with E-state index >= 15 is 0 Å². The molecule has 5 heteroatoms. The fourth-order valence-electron chi connectivity index (χ4n) is 2.75. The van der Waals surface area contributed by atoms with Crippen LogP contribution in [0.1, 0.15) is 43.3 Å². The molecule has 0 radical (unpaired) electrons. The topological polar surface area (TPSA) is 51.4 Å². The van der Waals surface area contributed by atoms with Crippen molar-refractivity contribution in [3.8, 4) is 0 Å². The predicted molar refractivity (Wildman–Crippen MR) is 74.2 cm³/mol. The molecule has 18 heavy (non-hydrogen) atoms. The van der Waals surface area contributed by atoms with E-state index < -0.39 is 0 Å². The minimum Gasteiger partial charge on any atom is -0.372 e. The molecule has 0 saturated carbocycles. The van der Waals surface area contributed by atoms with Gasteiger partial charge in [-0.3, -0.25) is 0 Å². The van der Waals surface area contributed by atoms with E-state index in [1.54, 1.807) is 0 Å². The Kier molecular flexibility index (Phi) is 3.08. The van der Waals surface area contributed by atoms with Gasteiger partial charge in [0.15, 0.2) is 5.13 Å². The fourth-order valence-corrected chi connectivity index (χ4v) is 3.95. The summed E-state index contributed by atoms with van der Waals surface area (Å²) in [5.74, 6) is 0. The maximum absolute atomic E-state index is 6.14. The lowest BCUT2D eigenvalue weighted by atomic mass is 9.99. The lowest BCUT2D eigenvalue weighted by molar-refractivity contribution is -0.0277. The summed E-state index contributed by atoms with van der Waals surface area (Å²) in [6.07, 6.45) is 3.42. The third-order valence-electron chi connectivity index (χ3n) is 3.68. The Bertz CT molecular complexity index is 443. The lowest BCUT2D eigenvalue weighted by Gasteiger charge is -2.38. The van der Waals surface area contributed by atoms with Crippen LogP contribution in [0.5, 0.6) is 0 Å². The second kappa shape index (κ2) is 4.47. The smallest absolute Gasteiger partial charge is 0.186 e. The number of hydrogen-bond acceptors (Lipinski definition) is 5. The normalized spacial score (nSPS) is 27.1. The zero-order valence-electron chi connectivity index (χ0n) is 11.1. The Morgan fingerprint density at radius 1 is 1.50 bits per heavy atom. The van der Waals surface area contributed by atoms with Gasteiger partial charge in [0, 0.05) is 24.0 Å². The summed E-state index contributed by atoms with van der Waals surface area (Å²) in [7, 11) is 0. The summed E-state index contributed by atoms with van der Waals surface area (Å²) >= 11 is 1.83. The molecule has 1 aliphatic carbocycles. The average Bonchev–Trinajstić information content (AvgIpc) is 2.73. The molecule has 2 N–H and O–H groups in total. The maximum atomic E-state index is 6.14. The van der Waals surface area contributed by atoms with Crippen LogP contribution in [0.3, 0.4) is 0 Å². The van der Waals surface area contributed by atoms with Gasteiger partial charge < -0.3 is 15.4 Å². The number of aryl methyl sites for hydroxylation is 1. The zero-order valence-corrected chi connectivity index (χ0v) is 11.9. The van der Waals surface area contributed by atoms with E-state index in [-0.39, 0.29) is 11.6 Å². The third kappa shape index (κ3) is 2.27. The molecule has 1 atom stereocenters. The Hall–Kier alpha value is -0.650. The molecule has 2 heterocycles. The van der Waals surface area contributed by atoms with Gasteiger partial charge in [-0.15, -0.1) is 11.3 Å². The highest BCUT2D eigenvalue weighted by Gasteiger charge is 2.30. The van der Waals surface area contributed by atoms with Crippen molar-refractivity contribution in [3.05, 3.63) is 10.6 Å². The molecule has 1 saturated heterocycles. The number of aromatic nitrogens is 1. The first-order valence-corrected chi connectivity index (χ1v) is 7.51. The molecule has 1 aliphatic heterocycles. The van der Waals surface area contributed by atoms with E-state index in [1.165, 1.54) is 11.3 Å². The van der Waals surface area contributed by atoms with Crippen LogP contribution < -0.4 is 10.6 Å². The highest BCUT2D eigenvalue weighted by atomic mass is 32.1. The molecule has 1 unspecified atom stereocenters. The number of nitrogens with two attached hydrogens (primary N) is 1. The van der Waals surface area contributed by atoms with Gasteiger partial charge in [0.1, 0.15) is 0 Å². The van der Waals surface area contributed by atoms with Crippen molar-refractivity contribution in [1.82, 2.24) is 4.98 Å².